The molecule has 2 heteroatoms. The normalized spacial score (nSPS) is 11.4. The van der Waals surface area contributed by atoms with Gasteiger partial charge >= 0.3 is 0 Å². The van der Waals surface area contributed by atoms with Gasteiger partial charge in [-0.3, -0.25) is 4.79 Å². The van der Waals surface area contributed by atoms with Crippen LogP contribution >= 0.6 is 0 Å². The highest BCUT2D eigenvalue weighted by Gasteiger charge is 2.14. The lowest BCUT2D eigenvalue weighted by Gasteiger charge is -2.19. The van der Waals surface area contributed by atoms with Crippen molar-refractivity contribution >= 4 is 5.78 Å². The number of carbonyl (C=O) groups is 1. The van der Waals surface area contributed by atoms with Crippen LogP contribution in [0, 0.1) is 5.82 Å². The van der Waals surface area contributed by atoms with Gasteiger partial charge in [-0.05, 0) is 41.7 Å². The molecule has 20 heavy (non-hydrogen) atoms. The largest absolute Gasteiger partial charge is 0.295 e. The van der Waals surface area contributed by atoms with Gasteiger partial charge < -0.3 is 0 Å². The Morgan fingerprint density at radius 2 is 1.60 bits per heavy atom. The molecule has 0 aliphatic rings. The molecular weight excluding hydrogens is 251 g/mol. The SMILES string of the molecule is CC(=O)c1ccc(F)c(-c2ccc(C(C)(C)C)cc2)c1. The summed E-state index contributed by atoms with van der Waals surface area (Å²) in [6.07, 6.45) is 0. The first-order valence-electron chi connectivity index (χ1n) is 6.70. The lowest BCUT2D eigenvalue weighted by molar-refractivity contribution is 0.101. The Morgan fingerprint density at radius 3 is 2.10 bits per heavy atom. The van der Waals surface area contributed by atoms with Crippen LogP contribution in [0.25, 0.3) is 11.1 Å². The summed E-state index contributed by atoms with van der Waals surface area (Å²) in [5.41, 5.74) is 3.06. The van der Waals surface area contributed by atoms with Gasteiger partial charge in [0.05, 0.1) is 0 Å². The van der Waals surface area contributed by atoms with Crippen molar-refractivity contribution in [2.45, 2.75) is 33.1 Å². The van der Waals surface area contributed by atoms with Gasteiger partial charge in [0.2, 0.25) is 0 Å². The van der Waals surface area contributed by atoms with E-state index in [4.69, 9.17) is 0 Å². The van der Waals surface area contributed by atoms with Gasteiger partial charge in [-0.1, -0.05) is 45.0 Å². The van der Waals surface area contributed by atoms with Gasteiger partial charge in [0.25, 0.3) is 0 Å². The third kappa shape index (κ3) is 2.96. The van der Waals surface area contributed by atoms with E-state index in [2.05, 4.69) is 20.8 Å². The second kappa shape index (κ2) is 5.20. The monoisotopic (exact) mass is 270 g/mol. The minimum absolute atomic E-state index is 0.0578. The molecule has 0 bridgehead atoms. The van der Waals surface area contributed by atoms with Crippen LogP contribution in [0.3, 0.4) is 0 Å². The Morgan fingerprint density at radius 1 is 1.00 bits per heavy atom. The summed E-state index contributed by atoms with van der Waals surface area (Å²) >= 11 is 0. The first kappa shape index (κ1) is 14.4. The van der Waals surface area contributed by atoms with Gasteiger partial charge in [-0.25, -0.2) is 4.39 Å². The van der Waals surface area contributed by atoms with E-state index in [-0.39, 0.29) is 17.0 Å². The van der Waals surface area contributed by atoms with Crippen LogP contribution < -0.4 is 0 Å². The predicted molar refractivity (Wildman–Crippen MR) is 80.5 cm³/mol. The van der Waals surface area contributed by atoms with Crippen molar-refractivity contribution in [2.75, 3.05) is 0 Å². The summed E-state index contributed by atoms with van der Waals surface area (Å²) in [7, 11) is 0. The maximum atomic E-state index is 13.9. The zero-order chi connectivity index (χ0) is 14.9. The molecule has 0 spiro atoms. The molecule has 0 fully saturated rings. The van der Waals surface area contributed by atoms with Gasteiger partial charge in [0.15, 0.2) is 5.78 Å². The molecule has 2 aromatic carbocycles. The maximum absolute atomic E-state index is 13.9. The zero-order valence-electron chi connectivity index (χ0n) is 12.3. The fourth-order valence-electron chi connectivity index (χ4n) is 2.12. The second-order valence-corrected chi connectivity index (χ2v) is 6.08. The minimum atomic E-state index is -0.307. The summed E-state index contributed by atoms with van der Waals surface area (Å²) in [6.45, 7) is 7.90. The van der Waals surface area contributed by atoms with Gasteiger partial charge in [0, 0.05) is 11.1 Å². The van der Waals surface area contributed by atoms with E-state index in [1.54, 1.807) is 6.07 Å². The number of carbonyl (C=O) groups excluding carboxylic acids is 1. The van der Waals surface area contributed by atoms with E-state index in [0.717, 1.165) is 5.56 Å². The Balaban J connectivity index is 2.46. The fourth-order valence-corrected chi connectivity index (χ4v) is 2.12. The topological polar surface area (TPSA) is 17.1 Å². The molecule has 0 aliphatic carbocycles. The van der Waals surface area contributed by atoms with Crippen LogP contribution in [0.2, 0.25) is 0 Å². The summed E-state index contributed by atoms with van der Waals surface area (Å²) in [6, 6.07) is 12.3. The Bertz CT molecular complexity index is 633. The highest BCUT2D eigenvalue weighted by atomic mass is 19.1. The summed E-state index contributed by atoms with van der Waals surface area (Å²) in [5.74, 6) is -0.365. The van der Waals surface area contributed by atoms with E-state index in [1.807, 2.05) is 24.3 Å². The third-order valence-corrected chi connectivity index (χ3v) is 3.43. The van der Waals surface area contributed by atoms with Crippen LogP contribution in [0.15, 0.2) is 42.5 Å². The minimum Gasteiger partial charge on any atom is -0.295 e. The molecule has 0 N–H and O–H groups in total. The molecule has 0 aliphatic heterocycles. The third-order valence-electron chi connectivity index (χ3n) is 3.43. The molecular formula is C18H19FO. The number of benzene rings is 2. The molecule has 0 atom stereocenters. The van der Waals surface area contributed by atoms with Crippen LogP contribution in [0.1, 0.15) is 43.6 Å². The lowest BCUT2D eigenvalue weighted by Crippen LogP contribution is -2.10. The van der Waals surface area contributed by atoms with Crippen LogP contribution in [-0.4, -0.2) is 5.78 Å². The Hall–Kier alpha value is -1.96. The molecule has 0 saturated heterocycles. The molecule has 0 amide bonds. The van der Waals surface area contributed by atoms with Crippen molar-refractivity contribution in [3.8, 4) is 11.1 Å². The molecule has 0 saturated carbocycles. The van der Waals surface area contributed by atoms with Gasteiger partial charge in [0.1, 0.15) is 5.82 Å². The molecule has 104 valence electrons. The molecule has 2 rings (SSSR count). The average Bonchev–Trinajstić information content (AvgIpc) is 2.38. The number of hydrogen-bond acceptors (Lipinski definition) is 1. The van der Waals surface area contributed by atoms with E-state index in [0.29, 0.717) is 11.1 Å². The first-order chi connectivity index (χ1) is 9.29. The Kier molecular flexibility index (Phi) is 3.76. The standard InChI is InChI=1S/C18H19FO/c1-12(20)14-7-10-17(19)16(11-14)13-5-8-15(9-6-13)18(2,3)4/h5-11H,1-4H3. The molecule has 2 aromatic rings. The summed E-state index contributed by atoms with van der Waals surface area (Å²) < 4.78 is 13.9. The lowest BCUT2D eigenvalue weighted by atomic mass is 9.86. The quantitative estimate of drug-likeness (QED) is 0.702. The summed E-state index contributed by atoms with van der Waals surface area (Å²) in [5, 5.41) is 0. The molecule has 0 unspecified atom stereocenters. The number of hydrogen-bond donors (Lipinski definition) is 0. The average molecular weight is 270 g/mol. The number of halogens is 1. The van der Waals surface area contributed by atoms with Crippen molar-refractivity contribution < 1.29 is 9.18 Å². The van der Waals surface area contributed by atoms with E-state index >= 15 is 0 Å². The van der Waals surface area contributed by atoms with Crippen LogP contribution in [-0.2, 0) is 5.41 Å². The fraction of sp³-hybridized carbons (Fsp3) is 0.278. The predicted octanol–water partition coefficient (Wildman–Crippen LogP) is 4.99. The smallest absolute Gasteiger partial charge is 0.159 e. The van der Waals surface area contributed by atoms with Crippen molar-refractivity contribution in [1.29, 1.82) is 0 Å². The molecule has 1 nitrogen and oxygen atoms in total. The van der Waals surface area contributed by atoms with Gasteiger partial charge in [-0.2, -0.15) is 0 Å². The van der Waals surface area contributed by atoms with Crippen molar-refractivity contribution in [1.82, 2.24) is 0 Å². The number of Topliss-reactive ketones (excluding diaryl/α,β-unsaturated/α-hetero) is 1. The van der Waals surface area contributed by atoms with E-state index < -0.39 is 0 Å². The highest BCUT2D eigenvalue weighted by molar-refractivity contribution is 5.95. The number of ketones is 1. The van der Waals surface area contributed by atoms with Crippen molar-refractivity contribution in [3.63, 3.8) is 0 Å². The zero-order valence-corrected chi connectivity index (χ0v) is 12.3. The van der Waals surface area contributed by atoms with Crippen molar-refractivity contribution in [2.24, 2.45) is 0 Å². The molecule has 0 radical (unpaired) electrons. The molecule has 0 heterocycles. The number of rotatable bonds is 2. The van der Waals surface area contributed by atoms with Crippen LogP contribution in [0.4, 0.5) is 4.39 Å². The van der Waals surface area contributed by atoms with Crippen molar-refractivity contribution in [3.05, 3.63) is 59.4 Å². The van der Waals surface area contributed by atoms with Crippen LogP contribution in [0.5, 0.6) is 0 Å². The maximum Gasteiger partial charge on any atom is 0.159 e. The second-order valence-electron chi connectivity index (χ2n) is 6.08. The van der Waals surface area contributed by atoms with E-state index in [1.165, 1.54) is 24.6 Å². The molecule has 0 aromatic heterocycles. The Labute approximate surface area is 119 Å². The summed E-state index contributed by atoms with van der Waals surface area (Å²) in [4.78, 5) is 11.4. The first-order valence-corrected chi connectivity index (χ1v) is 6.70. The van der Waals surface area contributed by atoms with Gasteiger partial charge in [-0.15, -0.1) is 0 Å². The van der Waals surface area contributed by atoms with E-state index in [9.17, 15) is 9.18 Å². The highest BCUT2D eigenvalue weighted by Crippen LogP contribution is 2.28.